The molecule has 6 nitrogen and oxygen atoms in total. The minimum absolute atomic E-state index is 0.0716. The number of Topliss-reactive ketones (excluding diaryl/α,β-unsaturated/α-hetero) is 2. The summed E-state index contributed by atoms with van der Waals surface area (Å²) in [6.07, 6.45) is 0.293. The molecule has 218 valence electrons. The first-order chi connectivity index (χ1) is 18.6. The summed E-state index contributed by atoms with van der Waals surface area (Å²) in [5.74, 6) is -0.143. The zero-order valence-electron chi connectivity index (χ0n) is 26.6. The minimum Gasteiger partial charge on any atom is -0.399 e. The number of ketones is 2. The molecule has 2 aliphatic heterocycles. The van der Waals surface area contributed by atoms with E-state index in [9.17, 15) is 9.59 Å². The molecule has 8 heteroatoms. The largest absolute Gasteiger partial charge is 0.494 e. The highest BCUT2D eigenvalue weighted by molar-refractivity contribution is 6.62. The normalized spacial score (nSPS) is 19.7. The lowest BCUT2D eigenvalue weighted by molar-refractivity contribution is 0.00578. The topological polar surface area (TPSA) is 71.1 Å². The Morgan fingerprint density at radius 2 is 0.725 bits per heavy atom. The van der Waals surface area contributed by atoms with Gasteiger partial charge < -0.3 is 18.6 Å². The van der Waals surface area contributed by atoms with Crippen LogP contribution in [0.25, 0.3) is 0 Å². The van der Waals surface area contributed by atoms with Crippen molar-refractivity contribution in [3.05, 3.63) is 59.7 Å². The fourth-order valence-corrected chi connectivity index (χ4v) is 4.13. The van der Waals surface area contributed by atoms with E-state index < -0.39 is 36.6 Å². The van der Waals surface area contributed by atoms with Gasteiger partial charge in [0.05, 0.1) is 22.4 Å². The van der Waals surface area contributed by atoms with Crippen LogP contribution in [-0.2, 0) is 18.6 Å². The molecule has 0 unspecified atom stereocenters. The van der Waals surface area contributed by atoms with E-state index in [1.54, 1.807) is 24.3 Å². The van der Waals surface area contributed by atoms with Crippen LogP contribution in [-0.4, -0.2) is 48.2 Å². The van der Waals surface area contributed by atoms with Gasteiger partial charge in [-0.25, -0.2) is 0 Å². The molecule has 0 atom stereocenters. The van der Waals surface area contributed by atoms with E-state index in [1.165, 1.54) is 0 Å². The summed E-state index contributed by atoms with van der Waals surface area (Å²) >= 11 is 0. The zero-order chi connectivity index (χ0) is 30.5. The van der Waals surface area contributed by atoms with Crippen molar-refractivity contribution < 1.29 is 28.2 Å². The van der Waals surface area contributed by atoms with Crippen molar-refractivity contribution in [3.8, 4) is 0 Å². The molecular weight excluding hydrogens is 502 g/mol. The first-order valence-corrected chi connectivity index (χ1v) is 14.6. The Balaban J connectivity index is 0.00000134. The van der Waals surface area contributed by atoms with E-state index in [4.69, 9.17) is 18.6 Å². The Morgan fingerprint density at radius 1 is 0.500 bits per heavy atom. The van der Waals surface area contributed by atoms with Crippen LogP contribution >= 0.6 is 0 Å². The minimum atomic E-state index is -0.471. The molecule has 0 saturated carbocycles. The number of hydrogen-bond acceptors (Lipinski definition) is 6. The van der Waals surface area contributed by atoms with E-state index >= 15 is 0 Å². The van der Waals surface area contributed by atoms with Crippen LogP contribution in [0.4, 0.5) is 0 Å². The van der Waals surface area contributed by atoms with Crippen LogP contribution in [0.3, 0.4) is 0 Å². The smallest absolute Gasteiger partial charge is 0.399 e. The fraction of sp³-hybridized carbons (Fsp3) is 0.562. The molecule has 0 amide bonds. The molecule has 2 saturated heterocycles. The fourth-order valence-electron chi connectivity index (χ4n) is 4.13. The predicted octanol–water partition coefficient (Wildman–Crippen LogP) is 6.18. The first kappa shape index (κ1) is 34.0. The Kier molecular flexibility index (Phi) is 11.2. The van der Waals surface area contributed by atoms with Gasteiger partial charge >= 0.3 is 14.2 Å². The van der Waals surface area contributed by atoms with Crippen LogP contribution < -0.4 is 10.9 Å². The molecule has 2 aliphatic rings. The molecule has 0 N–H and O–H groups in total. The second kappa shape index (κ2) is 13.2. The summed E-state index contributed by atoms with van der Waals surface area (Å²) in [7, 11) is -0.943. The second-order valence-electron chi connectivity index (χ2n) is 11.8. The van der Waals surface area contributed by atoms with Crippen molar-refractivity contribution in [1.29, 1.82) is 0 Å². The molecule has 40 heavy (non-hydrogen) atoms. The van der Waals surface area contributed by atoms with Crippen molar-refractivity contribution in [3.63, 3.8) is 0 Å². The third-order valence-corrected chi connectivity index (χ3v) is 8.10. The molecule has 2 fully saturated rings. The van der Waals surface area contributed by atoms with Gasteiger partial charge in [0.2, 0.25) is 0 Å². The predicted molar refractivity (Wildman–Crippen MR) is 165 cm³/mol. The standard InChI is InChI=1S/C28H36B2O6.2C2H6/c1-25(2)26(3,4)34-29(33-25)21-13-9-19(10-14-21)23(31)17-18-24(32)20-11-15-22(16-12-20)30-35-27(5,6)28(7,8)36-30;2*1-2/h9-16H,17-18H2,1-8H3;2*1-2H3. The summed E-state index contributed by atoms with van der Waals surface area (Å²) in [6.45, 7) is 24.1. The highest BCUT2D eigenvalue weighted by atomic mass is 16.7. The molecule has 0 aromatic heterocycles. The molecule has 4 rings (SSSR count). The van der Waals surface area contributed by atoms with Crippen molar-refractivity contribution in [1.82, 2.24) is 0 Å². The summed E-state index contributed by atoms with van der Waals surface area (Å²) in [5.41, 5.74) is 1.18. The molecule has 2 aromatic carbocycles. The van der Waals surface area contributed by atoms with Gasteiger partial charge in [-0.1, -0.05) is 76.2 Å². The molecule has 0 radical (unpaired) electrons. The number of carbonyl (C=O) groups excluding carboxylic acids is 2. The zero-order valence-corrected chi connectivity index (χ0v) is 26.6. The molecule has 2 heterocycles. The Morgan fingerprint density at radius 3 is 0.950 bits per heavy atom. The third kappa shape index (κ3) is 7.33. The van der Waals surface area contributed by atoms with E-state index in [0.29, 0.717) is 11.1 Å². The van der Waals surface area contributed by atoms with E-state index in [1.807, 2.05) is 107 Å². The second-order valence-corrected chi connectivity index (χ2v) is 11.8. The highest BCUT2D eigenvalue weighted by Gasteiger charge is 2.52. The lowest BCUT2D eigenvalue weighted by Gasteiger charge is -2.32. The molecule has 2 aromatic rings. The average molecular weight is 550 g/mol. The van der Waals surface area contributed by atoms with Gasteiger partial charge in [0.25, 0.3) is 0 Å². The molecule has 0 aliphatic carbocycles. The Bertz CT molecular complexity index is 1010. The third-order valence-electron chi connectivity index (χ3n) is 8.10. The van der Waals surface area contributed by atoms with Crippen molar-refractivity contribution >= 4 is 36.7 Å². The van der Waals surface area contributed by atoms with Crippen LogP contribution in [0.1, 0.15) is 117 Å². The quantitative estimate of drug-likeness (QED) is 0.303. The SMILES string of the molecule is CC.CC.CC1(C)OB(c2ccc(C(=O)CCC(=O)c3ccc(B4OC(C)(C)C(C)(C)O4)cc3)cc2)OC1(C)C. The van der Waals surface area contributed by atoms with Gasteiger partial charge in [-0.3, -0.25) is 9.59 Å². The summed E-state index contributed by atoms with van der Waals surface area (Å²) in [6, 6.07) is 14.5. The molecule has 0 spiro atoms. The average Bonchev–Trinajstić information content (AvgIpc) is 3.29. The van der Waals surface area contributed by atoms with E-state index in [0.717, 1.165) is 10.9 Å². The van der Waals surface area contributed by atoms with Gasteiger partial charge in [0.15, 0.2) is 11.6 Å². The van der Waals surface area contributed by atoms with Crippen molar-refractivity contribution in [2.45, 2.75) is 118 Å². The Labute approximate surface area is 242 Å². The van der Waals surface area contributed by atoms with Crippen molar-refractivity contribution in [2.75, 3.05) is 0 Å². The Hall–Kier alpha value is -2.25. The van der Waals surface area contributed by atoms with Crippen LogP contribution in [0, 0.1) is 0 Å². The van der Waals surface area contributed by atoms with Crippen LogP contribution in [0.2, 0.25) is 0 Å². The van der Waals surface area contributed by atoms with Gasteiger partial charge in [0.1, 0.15) is 0 Å². The lowest BCUT2D eigenvalue weighted by Crippen LogP contribution is -2.41. The number of benzene rings is 2. The summed E-state index contributed by atoms with van der Waals surface area (Å²) in [5, 5.41) is 0. The van der Waals surface area contributed by atoms with Crippen LogP contribution in [0.5, 0.6) is 0 Å². The number of hydrogen-bond donors (Lipinski definition) is 0. The monoisotopic (exact) mass is 550 g/mol. The van der Waals surface area contributed by atoms with E-state index in [2.05, 4.69) is 0 Å². The van der Waals surface area contributed by atoms with Gasteiger partial charge in [-0.05, 0) is 66.3 Å². The maximum atomic E-state index is 12.7. The van der Waals surface area contributed by atoms with Crippen molar-refractivity contribution in [2.24, 2.45) is 0 Å². The lowest BCUT2D eigenvalue weighted by atomic mass is 9.78. The maximum absolute atomic E-state index is 12.7. The molecule has 0 bridgehead atoms. The van der Waals surface area contributed by atoms with E-state index in [-0.39, 0.29) is 24.4 Å². The summed E-state index contributed by atoms with van der Waals surface area (Å²) in [4.78, 5) is 25.4. The summed E-state index contributed by atoms with van der Waals surface area (Å²) < 4.78 is 24.3. The van der Waals surface area contributed by atoms with Crippen LogP contribution in [0.15, 0.2) is 48.5 Å². The number of carbonyl (C=O) groups is 2. The van der Waals surface area contributed by atoms with Gasteiger partial charge in [-0.15, -0.1) is 0 Å². The first-order valence-electron chi connectivity index (χ1n) is 14.6. The highest BCUT2D eigenvalue weighted by Crippen LogP contribution is 2.37. The number of rotatable bonds is 7. The maximum Gasteiger partial charge on any atom is 0.494 e. The van der Waals surface area contributed by atoms with Gasteiger partial charge in [-0.2, -0.15) is 0 Å². The van der Waals surface area contributed by atoms with Gasteiger partial charge in [0, 0.05) is 24.0 Å². The molecular formula is C32H48B2O6.